The van der Waals surface area contributed by atoms with E-state index < -0.39 is 0 Å². The standard InChI is InChI=1S/C55H63N7O12/c1-63-20-24-67-28-32-71-42-16-6-11-37-46(42)41-15-9-14-40-36-10-5-17-43(72-33-29-68-25-21-64-2)47(36)53(56-40)59-51-38-12-7-19-45(74-35-31-70-27-23-66-4)49(38)55(60-51)62-52-39-13-8-18-44(73-34-30-69-26-22-65-3)48(39)54(61-52)58-50(37)57-41/h5-8,10-14,16-19,61H,9,15,20-35H2,1-4H3,(H,56,59,60,62)/b40-14+,58-50-. The van der Waals surface area contributed by atoms with Crippen molar-refractivity contribution in [2.75, 3.05) is 134 Å². The van der Waals surface area contributed by atoms with Crippen molar-refractivity contribution in [1.29, 1.82) is 0 Å². The molecule has 5 heterocycles. The summed E-state index contributed by atoms with van der Waals surface area (Å²) in [6.45, 7) is 6.45. The summed E-state index contributed by atoms with van der Waals surface area (Å²) in [4.78, 5) is 33.6. The SMILES string of the molecule is COCCOCCOc1cccc2c1C1=Nc3[nH]c(c4c(OCCOCCOC)cccc34)/N=C3\N=C(CC/C=c4/[nH]c(c5c(OCCOCCOC)cccc45)=NC2=N1)c1c(OCCOCCOC)cccc13. The molecule has 0 unspecified atom stereocenters. The largest absolute Gasteiger partial charge is 0.490 e. The average Bonchev–Trinajstić information content (AvgIpc) is 4.17. The molecule has 19 nitrogen and oxygen atoms in total. The summed E-state index contributed by atoms with van der Waals surface area (Å²) < 4.78 is 69.5. The molecule has 19 heteroatoms. The van der Waals surface area contributed by atoms with Crippen LogP contribution in [0.4, 0.5) is 11.6 Å². The van der Waals surface area contributed by atoms with E-state index in [0.717, 1.165) is 43.9 Å². The van der Waals surface area contributed by atoms with Crippen molar-refractivity contribution in [3.63, 3.8) is 0 Å². The highest BCUT2D eigenvalue weighted by Crippen LogP contribution is 2.43. The lowest BCUT2D eigenvalue weighted by Crippen LogP contribution is -2.14. The number of ether oxygens (including phenoxy) is 12. The zero-order valence-corrected chi connectivity index (χ0v) is 42.4. The summed E-state index contributed by atoms with van der Waals surface area (Å²) in [6, 6.07) is 23.5. The van der Waals surface area contributed by atoms with Crippen LogP contribution in [0.1, 0.15) is 35.1 Å². The van der Waals surface area contributed by atoms with Gasteiger partial charge < -0.3 is 66.8 Å². The predicted octanol–water partition coefficient (Wildman–Crippen LogP) is 6.43. The molecule has 2 N–H and O–H groups in total. The third kappa shape index (κ3) is 12.4. The molecule has 0 fully saturated rings. The van der Waals surface area contributed by atoms with Gasteiger partial charge in [-0.05, 0) is 37.1 Å². The van der Waals surface area contributed by atoms with E-state index in [9.17, 15) is 0 Å². The lowest BCUT2D eigenvalue weighted by Gasteiger charge is -2.12. The molecule has 74 heavy (non-hydrogen) atoms. The van der Waals surface area contributed by atoms with Crippen molar-refractivity contribution in [3.05, 3.63) is 106 Å². The molecule has 0 atom stereocenters. The summed E-state index contributed by atoms with van der Waals surface area (Å²) in [5.74, 6) is 4.78. The van der Waals surface area contributed by atoms with Crippen molar-refractivity contribution < 1.29 is 56.8 Å². The number of aromatic nitrogens is 2. The van der Waals surface area contributed by atoms with E-state index in [1.807, 2.05) is 66.7 Å². The summed E-state index contributed by atoms with van der Waals surface area (Å²) in [5, 5.41) is 4.04. The number of hydrogen-bond acceptors (Lipinski definition) is 17. The maximum absolute atomic E-state index is 6.45. The highest BCUT2D eigenvalue weighted by atomic mass is 16.6. The van der Waals surface area contributed by atoms with E-state index in [1.54, 1.807) is 28.4 Å². The van der Waals surface area contributed by atoms with E-state index >= 15 is 0 Å². The number of hydrogen-bond donors (Lipinski definition) is 2. The molecular weight excluding hydrogens is 951 g/mol. The molecule has 0 aliphatic carbocycles. The van der Waals surface area contributed by atoms with Gasteiger partial charge in [0.2, 0.25) is 0 Å². The molecule has 3 aliphatic rings. The maximum atomic E-state index is 6.45. The number of rotatable bonds is 28. The summed E-state index contributed by atoms with van der Waals surface area (Å²) in [6.07, 6.45) is 3.32. The Labute approximate surface area is 428 Å². The topological polar surface area (TPSA) is 204 Å². The van der Waals surface area contributed by atoms with E-state index in [2.05, 4.69) is 22.1 Å². The monoisotopic (exact) mass is 1010 g/mol. The van der Waals surface area contributed by atoms with Gasteiger partial charge in [0.1, 0.15) is 66.5 Å². The first-order valence-corrected chi connectivity index (χ1v) is 24.8. The number of aliphatic imine (C=N–C) groups is 4. The van der Waals surface area contributed by atoms with E-state index in [4.69, 9.17) is 81.8 Å². The third-order valence-electron chi connectivity index (χ3n) is 12.1. The van der Waals surface area contributed by atoms with Gasteiger partial charge in [-0.15, -0.1) is 0 Å². The van der Waals surface area contributed by atoms with Crippen molar-refractivity contribution in [3.8, 4) is 23.0 Å². The van der Waals surface area contributed by atoms with E-state index in [-0.39, 0.29) is 13.2 Å². The van der Waals surface area contributed by atoms with Crippen LogP contribution in [0.2, 0.25) is 0 Å². The third-order valence-corrected chi connectivity index (χ3v) is 12.1. The van der Waals surface area contributed by atoms with Crippen LogP contribution in [-0.2, 0) is 37.9 Å². The summed E-state index contributed by atoms with van der Waals surface area (Å²) in [5.41, 5.74) is 4.48. The number of methoxy groups -OCH3 is 4. The first-order valence-electron chi connectivity index (χ1n) is 24.8. The molecule has 0 radical (unpaired) electrons. The second-order valence-corrected chi connectivity index (χ2v) is 17.0. The Bertz CT molecular complexity index is 3130. The highest BCUT2D eigenvalue weighted by molar-refractivity contribution is 6.26. The minimum absolute atomic E-state index is 0.276. The average molecular weight is 1010 g/mol. The van der Waals surface area contributed by atoms with E-state index in [0.29, 0.717) is 174 Å². The van der Waals surface area contributed by atoms with Crippen molar-refractivity contribution in [1.82, 2.24) is 9.97 Å². The predicted molar refractivity (Wildman–Crippen MR) is 282 cm³/mol. The number of nitrogens with one attached hydrogen (secondary N) is 2. The molecular formula is C55H63N7O12. The Morgan fingerprint density at radius 3 is 1.47 bits per heavy atom. The van der Waals surface area contributed by atoms with Gasteiger partial charge >= 0.3 is 0 Å². The van der Waals surface area contributed by atoms with E-state index in [1.165, 1.54) is 0 Å². The quantitative estimate of drug-likeness (QED) is 0.0511. The smallest absolute Gasteiger partial charge is 0.168 e. The first-order chi connectivity index (χ1) is 36.6. The normalized spacial score (nSPS) is 14.9. The molecule has 4 aromatic carbocycles. The molecule has 3 aliphatic heterocycles. The van der Waals surface area contributed by atoms with Gasteiger partial charge in [-0.25, -0.2) is 25.0 Å². The minimum atomic E-state index is 0.276. The second kappa shape index (κ2) is 26.4. The van der Waals surface area contributed by atoms with Crippen molar-refractivity contribution in [2.24, 2.45) is 25.0 Å². The molecule has 0 amide bonds. The molecule has 0 saturated heterocycles. The molecule has 0 spiro atoms. The Balaban J connectivity index is 1.21. The Morgan fingerprint density at radius 1 is 0.405 bits per heavy atom. The van der Waals surface area contributed by atoms with Gasteiger partial charge in [0, 0.05) is 61.3 Å². The fourth-order valence-corrected chi connectivity index (χ4v) is 8.72. The van der Waals surface area contributed by atoms with Crippen molar-refractivity contribution >= 4 is 62.5 Å². The van der Waals surface area contributed by atoms with Gasteiger partial charge in [0.25, 0.3) is 0 Å². The Kier molecular flexibility index (Phi) is 18.6. The molecule has 9 rings (SSSR count). The van der Waals surface area contributed by atoms with Crippen LogP contribution in [0.25, 0.3) is 27.6 Å². The number of benzene rings is 4. The van der Waals surface area contributed by atoms with Crippen LogP contribution in [0.5, 0.6) is 23.0 Å². The molecule has 8 bridgehead atoms. The van der Waals surface area contributed by atoms with Crippen LogP contribution in [-0.4, -0.2) is 167 Å². The first kappa shape index (κ1) is 52.1. The number of nitrogens with zero attached hydrogens (tertiary/aromatic N) is 5. The van der Waals surface area contributed by atoms with Gasteiger partial charge in [-0.1, -0.05) is 54.6 Å². The van der Waals surface area contributed by atoms with Crippen LogP contribution in [0.15, 0.2) is 97.8 Å². The van der Waals surface area contributed by atoms with Gasteiger partial charge in [0.15, 0.2) is 17.5 Å². The fourth-order valence-electron chi connectivity index (χ4n) is 8.72. The zero-order valence-electron chi connectivity index (χ0n) is 42.4. The fraction of sp³-hybridized carbons (Fsp3) is 0.400. The lowest BCUT2D eigenvalue weighted by atomic mass is 10.0. The Hall–Kier alpha value is -6.81. The molecule has 6 aromatic rings. The number of amidine groups is 3. The van der Waals surface area contributed by atoms with Crippen LogP contribution < -0.4 is 29.8 Å². The minimum Gasteiger partial charge on any atom is -0.490 e. The lowest BCUT2D eigenvalue weighted by molar-refractivity contribution is 0.0544. The molecule has 390 valence electrons. The van der Waals surface area contributed by atoms with Crippen LogP contribution in [0.3, 0.4) is 0 Å². The number of H-pyrrole nitrogens is 2. The molecule has 2 aromatic heterocycles. The van der Waals surface area contributed by atoms with Gasteiger partial charge in [-0.3, -0.25) is 0 Å². The summed E-state index contributed by atoms with van der Waals surface area (Å²) in [7, 11) is 6.58. The van der Waals surface area contributed by atoms with Crippen LogP contribution in [0, 0.1) is 0 Å². The van der Waals surface area contributed by atoms with Crippen LogP contribution >= 0.6 is 0 Å². The Morgan fingerprint density at radius 2 is 0.878 bits per heavy atom. The van der Waals surface area contributed by atoms with Gasteiger partial charge in [0.05, 0.1) is 101 Å². The van der Waals surface area contributed by atoms with Crippen molar-refractivity contribution in [2.45, 2.75) is 12.8 Å². The zero-order chi connectivity index (χ0) is 50.9. The summed E-state index contributed by atoms with van der Waals surface area (Å²) >= 11 is 0. The number of fused-ring (bicyclic) bond motifs is 18. The van der Waals surface area contributed by atoms with Gasteiger partial charge in [-0.2, -0.15) is 0 Å². The molecule has 0 saturated carbocycles. The second-order valence-electron chi connectivity index (χ2n) is 17.0. The number of aromatic amines is 2. The maximum Gasteiger partial charge on any atom is 0.168 e. The highest BCUT2D eigenvalue weighted by Gasteiger charge is 2.29.